The van der Waals surface area contributed by atoms with Gasteiger partial charge in [-0.25, -0.2) is 0 Å². The van der Waals surface area contributed by atoms with Gasteiger partial charge in [-0.1, -0.05) is 31.3 Å². The highest BCUT2D eigenvalue weighted by molar-refractivity contribution is 5.04. The van der Waals surface area contributed by atoms with E-state index in [2.05, 4.69) is 16.2 Å². The van der Waals surface area contributed by atoms with Gasteiger partial charge in [0.05, 0.1) is 6.07 Å². The van der Waals surface area contributed by atoms with Crippen molar-refractivity contribution in [3.63, 3.8) is 0 Å². The lowest BCUT2D eigenvalue weighted by Crippen LogP contribution is -2.33. The molecule has 1 unspecified atom stereocenters. The molecule has 1 aromatic rings. The fourth-order valence-electron chi connectivity index (χ4n) is 2.88. The van der Waals surface area contributed by atoms with E-state index < -0.39 is 0 Å². The van der Waals surface area contributed by atoms with E-state index in [-0.39, 0.29) is 11.5 Å². The first-order valence-electron chi connectivity index (χ1n) is 7.54. The predicted molar refractivity (Wildman–Crippen MR) is 73.8 cm³/mol. The van der Waals surface area contributed by atoms with Crippen LogP contribution in [0.4, 0.5) is 0 Å². The first-order valence-corrected chi connectivity index (χ1v) is 7.54. The minimum atomic E-state index is -0.354. The van der Waals surface area contributed by atoms with Crippen LogP contribution in [0.1, 0.15) is 64.1 Å². The summed E-state index contributed by atoms with van der Waals surface area (Å²) in [6.07, 6.45) is 6.64. The maximum Gasteiger partial charge on any atom is 0.227 e. The summed E-state index contributed by atoms with van der Waals surface area (Å²) in [7, 11) is 0. The molecule has 1 aliphatic carbocycles. The molecule has 1 aromatic heterocycles. The van der Waals surface area contributed by atoms with Gasteiger partial charge in [0.1, 0.15) is 5.60 Å². The van der Waals surface area contributed by atoms with Crippen LogP contribution in [0.2, 0.25) is 0 Å². The third-order valence-electron chi connectivity index (χ3n) is 3.92. The summed E-state index contributed by atoms with van der Waals surface area (Å²) in [5.74, 6) is 1.55. The van der Waals surface area contributed by atoms with E-state index in [1.165, 1.54) is 6.42 Å². The molecule has 20 heavy (non-hydrogen) atoms. The van der Waals surface area contributed by atoms with Crippen molar-refractivity contribution in [2.45, 2.75) is 64.4 Å². The zero-order valence-electron chi connectivity index (χ0n) is 12.4. The van der Waals surface area contributed by atoms with E-state index in [1.807, 2.05) is 13.8 Å². The Morgan fingerprint density at radius 1 is 1.40 bits per heavy atom. The second-order valence-electron chi connectivity index (χ2n) is 5.67. The number of aromatic nitrogens is 2. The lowest BCUT2D eigenvalue weighted by Gasteiger charge is -2.33. The van der Waals surface area contributed by atoms with Crippen molar-refractivity contribution < 1.29 is 9.26 Å². The van der Waals surface area contributed by atoms with Crippen LogP contribution in [0.25, 0.3) is 0 Å². The average Bonchev–Trinajstić information content (AvgIpc) is 2.89. The molecule has 1 aliphatic rings. The Morgan fingerprint density at radius 2 is 2.15 bits per heavy atom. The summed E-state index contributed by atoms with van der Waals surface area (Å²) >= 11 is 0. The van der Waals surface area contributed by atoms with Crippen molar-refractivity contribution in [2.24, 2.45) is 5.92 Å². The van der Waals surface area contributed by atoms with Crippen LogP contribution in [0, 0.1) is 17.2 Å². The van der Waals surface area contributed by atoms with Gasteiger partial charge in [-0.3, -0.25) is 0 Å². The van der Waals surface area contributed by atoms with Crippen LogP contribution in [0.5, 0.6) is 0 Å². The lowest BCUT2D eigenvalue weighted by molar-refractivity contribution is -0.0777. The van der Waals surface area contributed by atoms with Gasteiger partial charge < -0.3 is 9.26 Å². The van der Waals surface area contributed by atoms with E-state index in [1.54, 1.807) is 0 Å². The van der Waals surface area contributed by atoms with Crippen LogP contribution in [-0.4, -0.2) is 16.7 Å². The number of hydrogen-bond acceptors (Lipinski definition) is 5. The minimum absolute atomic E-state index is 0.239. The maximum absolute atomic E-state index is 8.70. The maximum atomic E-state index is 8.70. The molecule has 0 bridgehead atoms. The van der Waals surface area contributed by atoms with Gasteiger partial charge in [0.2, 0.25) is 11.7 Å². The van der Waals surface area contributed by atoms with Crippen molar-refractivity contribution >= 4 is 0 Å². The highest BCUT2D eigenvalue weighted by Crippen LogP contribution is 2.39. The molecule has 1 saturated carbocycles. The van der Waals surface area contributed by atoms with Gasteiger partial charge in [0, 0.05) is 19.4 Å². The van der Waals surface area contributed by atoms with Crippen molar-refractivity contribution in [3.05, 3.63) is 11.7 Å². The first-order chi connectivity index (χ1) is 9.70. The summed E-state index contributed by atoms with van der Waals surface area (Å²) in [5.41, 5.74) is -0.354. The number of nitriles is 1. The van der Waals surface area contributed by atoms with Crippen LogP contribution in [-0.2, 0) is 16.8 Å². The van der Waals surface area contributed by atoms with Gasteiger partial charge in [-0.2, -0.15) is 10.2 Å². The molecule has 5 heteroatoms. The fraction of sp³-hybridized carbons (Fsp3) is 0.800. The smallest absolute Gasteiger partial charge is 0.227 e. The third kappa shape index (κ3) is 3.37. The summed E-state index contributed by atoms with van der Waals surface area (Å²) < 4.78 is 11.3. The van der Waals surface area contributed by atoms with Crippen LogP contribution in [0.15, 0.2) is 4.52 Å². The second kappa shape index (κ2) is 6.85. The summed E-state index contributed by atoms with van der Waals surface area (Å²) in [5, 5.41) is 12.8. The molecule has 0 saturated heterocycles. The Kier molecular flexibility index (Phi) is 5.13. The third-order valence-corrected chi connectivity index (χ3v) is 3.92. The summed E-state index contributed by atoms with van der Waals surface area (Å²) in [4.78, 5) is 4.53. The molecule has 0 aliphatic heterocycles. The molecule has 110 valence electrons. The normalized spacial score (nSPS) is 19.4. The summed E-state index contributed by atoms with van der Waals surface area (Å²) in [6.45, 7) is 4.69. The highest BCUT2D eigenvalue weighted by Gasteiger charge is 2.39. The molecule has 0 spiro atoms. The molecule has 0 amide bonds. The van der Waals surface area contributed by atoms with E-state index in [0.717, 1.165) is 25.7 Å². The van der Waals surface area contributed by atoms with Gasteiger partial charge in [-0.15, -0.1) is 0 Å². The highest BCUT2D eigenvalue weighted by atomic mass is 16.5. The first kappa shape index (κ1) is 15.0. The minimum Gasteiger partial charge on any atom is -0.367 e. The lowest BCUT2D eigenvalue weighted by atomic mass is 9.84. The van der Waals surface area contributed by atoms with Gasteiger partial charge in [0.25, 0.3) is 0 Å². The molecule has 1 fully saturated rings. The molecule has 5 nitrogen and oxygen atoms in total. The molecule has 1 heterocycles. The average molecular weight is 277 g/mol. The van der Waals surface area contributed by atoms with Crippen LogP contribution >= 0.6 is 0 Å². The van der Waals surface area contributed by atoms with Gasteiger partial charge in [-0.05, 0) is 25.7 Å². The standard InChI is InChI=1S/C15H23N3O2/c1-3-19-15(8-5-4-6-9-15)14-17-13(20-18-14)11-12(2)7-10-16/h12H,3-9,11H2,1-2H3. The molecule has 0 aromatic carbocycles. The van der Waals surface area contributed by atoms with Gasteiger partial charge in [0.15, 0.2) is 0 Å². The second-order valence-corrected chi connectivity index (χ2v) is 5.67. The number of rotatable bonds is 6. The Hall–Kier alpha value is -1.41. The van der Waals surface area contributed by atoms with E-state index >= 15 is 0 Å². The number of nitrogens with zero attached hydrogens (tertiary/aromatic N) is 3. The van der Waals surface area contributed by atoms with Crippen molar-refractivity contribution in [1.82, 2.24) is 10.1 Å². The molecule has 0 N–H and O–H groups in total. The van der Waals surface area contributed by atoms with E-state index in [0.29, 0.717) is 31.2 Å². The topological polar surface area (TPSA) is 71.9 Å². The van der Waals surface area contributed by atoms with Crippen LogP contribution in [0.3, 0.4) is 0 Å². The quantitative estimate of drug-likeness (QED) is 0.797. The number of ether oxygens (including phenoxy) is 1. The summed E-state index contributed by atoms with van der Waals surface area (Å²) in [6, 6.07) is 2.17. The zero-order chi connectivity index (χ0) is 14.4. The Labute approximate surface area is 120 Å². The molecule has 1 atom stereocenters. The fourth-order valence-corrected chi connectivity index (χ4v) is 2.88. The Morgan fingerprint density at radius 3 is 2.80 bits per heavy atom. The van der Waals surface area contributed by atoms with Crippen LogP contribution < -0.4 is 0 Å². The molecule has 2 rings (SSSR count). The zero-order valence-corrected chi connectivity index (χ0v) is 12.4. The SMILES string of the molecule is CCOC1(c2noc(CC(C)CC#N)n2)CCCCC1. The molecular formula is C15H23N3O2. The Bertz CT molecular complexity index is 452. The predicted octanol–water partition coefficient (Wildman–Crippen LogP) is 3.36. The monoisotopic (exact) mass is 277 g/mol. The van der Waals surface area contributed by atoms with Gasteiger partial charge >= 0.3 is 0 Å². The molecular weight excluding hydrogens is 254 g/mol. The molecule has 0 radical (unpaired) electrons. The van der Waals surface area contributed by atoms with Crippen molar-refractivity contribution in [2.75, 3.05) is 6.61 Å². The van der Waals surface area contributed by atoms with Crippen molar-refractivity contribution in [1.29, 1.82) is 5.26 Å². The number of hydrogen-bond donors (Lipinski definition) is 0. The van der Waals surface area contributed by atoms with E-state index in [4.69, 9.17) is 14.5 Å². The van der Waals surface area contributed by atoms with E-state index in [9.17, 15) is 0 Å². The largest absolute Gasteiger partial charge is 0.367 e. The Balaban J connectivity index is 2.10. The van der Waals surface area contributed by atoms with Crippen molar-refractivity contribution in [3.8, 4) is 6.07 Å².